The van der Waals surface area contributed by atoms with E-state index < -0.39 is 5.97 Å². The van der Waals surface area contributed by atoms with Gasteiger partial charge in [0, 0.05) is 41.6 Å². The van der Waals surface area contributed by atoms with E-state index in [2.05, 4.69) is 9.88 Å². The zero-order valence-electron chi connectivity index (χ0n) is 11.8. The number of aliphatic carboxylic acids is 1. The summed E-state index contributed by atoms with van der Waals surface area (Å²) in [6, 6.07) is 5.89. The molecule has 1 atom stereocenters. The fraction of sp³-hybridized carbons (Fsp3) is 0.438. The Morgan fingerprint density at radius 2 is 2.33 bits per heavy atom. The first kappa shape index (κ1) is 14.4. The van der Waals surface area contributed by atoms with Crippen molar-refractivity contribution >= 4 is 28.5 Å². The minimum absolute atomic E-state index is 0.274. The molecule has 1 saturated heterocycles. The van der Waals surface area contributed by atoms with Gasteiger partial charge >= 0.3 is 5.97 Å². The van der Waals surface area contributed by atoms with Crippen LogP contribution in [0.1, 0.15) is 24.8 Å². The summed E-state index contributed by atoms with van der Waals surface area (Å²) in [6.45, 7) is 2.76. The van der Waals surface area contributed by atoms with Crippen LogP contribution in [0.4, 0.5) is 0 Å². The van der Waals surface area contributed by atoms with Crippen molar-refractivity contribution in [3.8, 4) is 0 Å². The van der Waals surface area contributed by atoms with Crippen molar-refractivity contribution in [3.05, 3.63) is 35.0 Å². The number of nitrogens with one attached hydrogen (secondary N) is 1. The minimum atomic E-state index is -0.691. The van der Waals surface area contributed by atoms with Crippen molar-refractivity contribution in [2.75, 3.05) is 13.1 Å². The van der Waals surface area contributed by atoms with Crippen LogP contribution in [0.2, 0.25) is 5.02 Å². The summed E-state index contributed by atoms with van der Waals surface area (Å²) < 4.78 is 0. The van der Waals surface area contributed by atoms with Crippen LogP contribution >= 0.6 is 11.6 Å². The predicted molar refractivity (Wildman–Crippen MR) is 83.6 cm³/mol. The quantitative estimate of drug-likeness (QED) is 0.909. The lowest BCUT2D eigenvalue weighted by Crippen LogP contribution is -2.35. The number of aromatic nitrogens is 1. The monoisotopic (exact) mass is 306 g/mol. The molecule has 1 fully saturated rings. The van der Waals surface area contributed by atoms with Crippen molar-refractivity contribution in [3.63, 3.8) is 0 Å². The van der Waals surface area contributed by atoms with E-state index in [1.807, 2.05) is 24.4 Å². The van der Waals surface area contributed by atoms with Crippen LogP contribution in [0.5, 0.6) is 0 Å². The van der Waals surface area contributed by atoms with Gasteiger partial charge in [-0.2, -0.15) is 0 Å². The molecule has 0 spiro atoms. The number of hydrogen-bond donors (Lipinski definition) is 2. The van der Waals surface area contributed by atoms with E-state index in [4.69, 9.17) is 16.7 Å². The SMILES string of the molecule is O=C(O)CC1CCCN(Cc2c[nH]c3cc(Cl)ccc23)C1. The number of carbonyl (C=O) groups is 1. The summed E-state index contributed by atoms with van der Waals surface area (Å²) in [5, 5.41) is 10.9. The Kier molecular flexibility index (Phi) is 4.17. The molecule has 1 aromatic carbocycles. The number of hydrogen-bond acceptors (Lipinski definition) is 2. The van der Waals surface area contributed by atoms with Gasteiger partial charge in [0.2, 0.25) is 0 Å². The normalized spacial score (nSPS) is 20.0. The van der Waals surface area contributed by atoms with Crippen LogP contribution in [0.3, 0.4) is 0 Å². The Bertz CT molecular complexity index is 653. The third-order valence-electron chi connectivity index (χ3n) is 4.19. The third-order valence-corrected chi connectivity index (χ3v) is 4.42. The Morgan fingerprint density at radius 3 is 3.14 bits per heavy atom. The summed E-state index contributed by atoms with van der Waals surface area (Å²) in [5.74, 6) is -0.417. The largest absolute Gasteiger partial charge is 0.481 e. The van der Waals surface area contributed by atoms with Gasteiger partial charge in [0.15, 0.2) is 0 Å². The lowest BCUT2D eigenvalue weighted by Gasteiger charge is -2.31. The Balaban J connectivity index is 1.71. The molecule has 4 nitrogen and oxygen atoms in total. The number of fused-ring (bicyclic) bond motifs is 1. The highest BCUT2D eigenvalue weighted by atomic mass is 35.5. The van der Waals surface area contributed by atoms with Crippen molar-refractivity contribution in [2.45, 2.75) is 25.8 Å². The average Bonchev–Trinajstić information content (AvgIpc) is 2.80. The van der Waals surface area contributed by atoms with Gasteiger partial charge in [-0.25, -0.2) is 0 Å². The van der Waals surface area contributed by atoms with Gasteiger partial charge in [-0.05, 0) is 43.0 Å². The second-order valence-corrected chi connectivity index (χ2v) is 6.28. The smallest absolute Gasteiger partial charge is 0.303 e. The van der Waals surface area contributed by atoms with E-state index in [-0.39, 0.29) is 12.3 Å². The maximum atomic E-state index is 10.9. The molecule has 2 N–H and O–H groups in total. The van der Waals surface area contributed by atoms with E-state index in [1.54, 1.807) is 0 Å². The molecule has 2 heterocycles. The van der Waals surface area contributed by atoms with Crippen molar-refractivity contribution < 1.29 is 9.90 Å². The number of H-pyrrole nitrogens is 1. The van der Waals surface area contributed by atoms with Gasteiger partial charge in [0.25, 0.3) is 0 Å². The Hall–Kier alpha value is -1.52. The fourth-order valence-corrected chi connectivity index (χ4v) is 3.41. The highest BCUT2D eigenvalue weighted by Crippen LogP contribution is 2.26. The van der Waals surface area contributed by atoms with E-state index in [0.717, 1.165) is 43.0 Å². The number of carboxylic acid groups (broad SMARTS) is 1. The van der Waals surface area contributed by atoms with Gasteiger partial charge in [0.1, 0.15) is 0 Å². The summed E-state index contributed by atoms with van der Waals surface area (Å²) in [7, 11) is 0. The molecule has 0 saturated carbocycles. The molecular weight excluding hydrogens is 288 g/mol. The van der Waals surface area contributed by atoms with Crippen molar-refractivity contribution in [1.29, 1.82) is 0 Å². The number of benzene rings is 1. The summed E-state index contributed by atoms with van der Waals surface area (Å²) >= 11 is 6.00. The zero-order chi connectivity index (χ0) is 14.8. The first-order valence-corrected chi connectivity index (χ1v) is 7.69. The van der Waals surface area contributed by atoms with Crippen LogP contribution < -0.4 is 0 Å². The highest BCUT2D eigenvalue weighted by Gasteiger charge is 2.22. The van der Waals surface area contributed by atoms with Gasteiger partial charge in [-0.3, -0.25) is 9.69 Å². The van der Waals surface area contributed by atoms with E-state index in [0.29, 0.717) is 0 Å². The van der Waals surface area contributed by atoms with Gasteiger partial charge in [0.05, 0.1) is 0 Å². The molecule has 112 valence electrons. The van der Waals surface area contributed by atoms with Gasteiger partial charge in [-0.15, -0.1) is 0 Å². The molecule has 0 amide bonds. The summed E-state index contributed by atoms with van der Waals surface area (Å²) in [6.07, 6.45) is 4.40. The first-order valence-electron chi connectivity index (χ1n) is 7.31. The summed E-state index contributed by atoms with van der Waals surface area (Å²) in [5.41, 5.74) is 2.30. The van der Waals surface area contributed by atoms with Crippen LogP contribution in [0.15, 0.2) is 24.4 Å². The molecule has 1 aliphatic rings. The number of halogens is 1. The standard InChI is InChI=1S/C16H19ClN2O2/c17-13-3-4-14-12(8-18-15(14)7-13)10-19-5-1-2-11(9-19)6-16(20)21/h3-4,7-8,11,18H,1-2,5-6,9-10H2,(H,20,21). The topological polar surface area (TPSA) is 56.3 Å². The maximum absolute atomic E-state index is 10.9. The lowest BCUT2D eigenvalue weighted by molar-refractivity contribution is -0.138. The predicted octanol–water partition coefficient (Wildman–Crippen LogP) is 3.51. The number of rotatable bonds is 4. The van der Waals surface area contributed by atoms with Crippen molar-refractivity contribution in [1.82, 2.24) is 9.88 Å². The van der Waals surface area contributed by atoms with Gasteiger partial charge < -0.3 is 10.1 Å². The molecule has 3 rings (SSSR count). The maximum Gasteiger partial charge on any atom is 0.303 e. The molecule has 1 aromatic heterocycles. The number of piperidine rings is 1. The van der Waals surface area contributed by atoms with Crippen LogP contribution in [-0.4, -0.2) is 34.0 Å². The van der Waals surface area contributed by atoms with E-state index >= 15 is 0 Å². The van der Waals surface area contributed by atoms with Crippen LogP contribution in [0.25, 0.3) is 10.9 Å². The van der Waals surface area contributed by atoms with Crippen LogP contribution in [-0.2, 0) is 11.3 Å². The second-order valence-electron chi connectivity index (χ2n) is 5.85. The fourth-order valence-electron chi connectivity index (χ4n) is 3.24. The summed E-state index contributed by atoms with van der Waals surface area (Å²) in [4.78, 5) is 16.5. The molecule has 1 unspecified atom stereocenters. The molecule has 21 heavy (non-hydrogen) atoms. The number of nitrogens with zero attached hydrogens (tertiary/aromatic N) is 1. The van der Waals surface area contributed by atoms with Gasteiger partial charge in [-0.1, -0.05) is 17.7 Å². The van der Waals surface area contributed by atoms with E-state index in [9.17, 15) is 4.79 Å². The number of carboxylic acids is 1. The molecule has 5 heteroatoms. The highest BCUT2D eigenvalue weighted by molar-refractivity contribution is 6.31. The first-order chi connectivity index (χ1) is 10.1. The van der Waals surface area contributed by atoms with Crippen molar-refractivity contribution in [2.24, 2.45) is 5.92 Å². The molecule has 2 aromatic rings. The minimum Gasteiger partial charge on any atom is -0.481 e. The Morgan fingerprint density at radius 1 is 1.48 bits per heavy atom. The lowest BCUT2D eigenvalue weighted by atomic mass is 9.94. The molecule has 0 aliphatic carbocycles. The number of aromatic amines is 1. The average molecular weight is 307 g/mol. The third kappa shape index (κ3) is 3.39. The molecular formula is C16H19ClN2O2. The zero-order valence-corrected chi connectivity index (χ0v) is 12.6. The van der Waals surface area contributed by atoms with Crippen LogP contribution in [0, 0.1) is 5.92 Å². The second kappa shape index (κ2) is 6.08. The molecule has 0 radical (unpaired) electrons. The Labute approximate surface area is 128 Å². The number of likely N-dealkylation sites (tertiary alicyclic amines) is 1. The molecule has 1 aliphatic heterocycles. The van der Waals surface area contributed by atoms with E-state index in [1.165, 1.54) is 10.9 Å². The molecule has 0 bridgehead atoms.